The molecule has 4 nitrogen and oxygen atoms in total. The number of carbonyl (C=O) groups excluding carboxylic acids is 2. The number of rotatable bonds is 4. The Morgan fingerprint density at radius 3 is 2.61 bits per heavy atom. The van der Waals surface area contributed by atoms with Gasteiger partial charge in [0.1, 0.15) is 5.82 Å². The van der Waals surface area contributed by atoms with E-state index in [1.165, 1.54) is 31.4 Å². The van der Waals surface area contributed by atoms with Crippen molar-refractivity contribution in [2.75, 3.05) is 12.4 Å². The molecule has 0 spiro atoms. The minimum Gasteiger partial charge on any atom is -0.465 e. The Morgan fingerprint density at radius 2 is 1.91 bits per heavy atom. The van der Waals surface area contributed by atoms with Crippen LogP contribution in [0.4, 0.5) is 10.1 Å². The Balaban J connectivity index is 2.19. The molecule has 23 heavy (non-hydrogen) atoms. The van der Waals surface area contributed by atoms with Crippen LogP contribution in [-0.4, -0.2) is 19.0 Å². The second kappa shape index (κ2) is 7.35. The molecule has 1 amide bonds. The second-order valence-electron chi connectivity index (χ2n) is 4.87. The van der Waals surface area contributed by atoms with E-state index < -0.39 is 11.9 Å². The molecule has 0 saturated carbocycles. The van der Waals surface area contributed by atoms with Crippen molar-refractivity contribution in [3.63, 3.8) is 0 Å². The lowest BCUT2D eigenvalue weighted by molar-refractivity contribution is -0.111. The van der Waals surface area contributed by atoms with Gasteiger partial charge in [-0.3, -0.25) is 4.79 Å². The zero-order chi connectivity index (χ0) is 16.8. The first-order valence-electron chi connectivity index (χ1n) is 6.94. The molecule has 2 rings (SSSR count). The van der Waals surface area contributed by atoms with Crippen LogP contribution in [0, 0.1) is 12.7 Å². The molecule has 0 saturated heterocycles. The fourth-order valence-electron chi connectivity index (χ4n) is 2.06. The summed E-state index contributed by atoms with van der Waals surface area (Å²) in [5.41, 5.74) is 1.98. The molecule has 1 N–H and O–H groups in total. The zero-order valence-electron chi connectivity index (χ0n) is 12.8. The molecule has 0 aliphatic carbocycles. The highest BCUT2D eigenvalue weighted by Gasteiger charge is 2.14. The van der Waals surface area contributed by atoms with Gasteiger partial charge in [0.2, 0.25) is 5.91 Å². The molecule has 0 fully saturated rings. The van der Waals surface area contributed by atoms with Gasteiger partial charge < -0.3 is 10.1 Å². The number of methoxy groups -OCH3 is 1. The zero-order valence-corrected chi connectivity index (χ0v) is 12.8. The van der Waals surface area contributed by atoms with E-state index in [0.29, 0.717) is 11.3 Å². The maximum Gasteiger partial charge on any atom is 0.339 e. The second-order valence-corrected chi connectivity index (χ2v) is 4.87. The van der Waals surface area contributed by atoms with E-state index in [1.54, 1.807) is 37.3 Å². The van der Waals surface area contributed by atoms with Crippen molar-refractivity contribution in [3.8, 4) is 0 Å². The standard InChI is InChI=1S/C18H16FNO3/c1-12-5-3-8-15(18(22)23-2)17(12)20-16(21)10-9-13-6-4-7-14(19)11-13/h3-11H,1-2H3,(H,20,21)/b10-9+. The average Bonchev–Trinajstić information content (AvgIpc) is 2.54. The van der Waals surface area contributed by atoms with Gasteiger partial charge in [0.05, 0.1) is 18.4 Å². The van der Waals surface area contributed by atoms with E-state index in [1.807, 2.05) is 0 Å². The highest BCUT2D eigenvalue weighted by Crippen LogP contribution is 2.21. The van der Waals surface area contributed by atoms with Crippen molar-refractivity contribution in [1.29, 1.82) is 0 Å². The van der Waals surface area contributed by atoms with Gasteiger partial charge in [-0.05, 0) is 42.3 Å². The molecule has 0 heterocycles. The number of benzene rings is 2. The van der Waals surface area contributed by atoms with Crippen LogP contribution < -0.4 is 5.32 Å². The maximum absolute atomic E-state index is 13.1. The van der Waals surface area contributed by atoms with Gasteiger partial charge in [-0.2, -0.15) is 0 Å². The molecule has 118 valence electrons. The highest BCUT2D eigenvalue weighted by atomic mass is 19.1. The molecular formula is C18H16FNO3. The predicted molar refractivity (Wildman–Crippen MR) is 86.6 cm³/mol. The summed E-state index contributed by atoms with van der Waals surface area (Å²) in [4.78, 5) is 23.8. The number of para-hydroxylation sites is 1. The van der Waals surface area contributed by atoms with Crippen molar-refractivity contribution < 1.29 is 18.7 Å². The van der Waals surface area contributed by atoms with Gasteiger partial charge in [-0.15, -0.1) is 0 Å². The lowest BCUT2D eigenvalue weighted by Gasteiger charge is -2.11. The molecule has 2 aromatic carbocycles. The Morgan fingerprint density at radius 1 is 1.17 bits per heavy atom. The van der Waals surface area contributed by atoms with Crippen LogP contribution in [0.15, 0.2) is 48.5 Å². The first-order valence-corrected chi connectivity index (χ1v) is 6.94. The summed E-state index contributed by atoms with van der Waals surface area (Å²) in [6.45, 7) is 1.78. The first-order chi connectivity index (χ1) is 11.0. The SMILES string of the molecule is COC(=O)c1cccc(C)c1NC(=O)/C=C/c1cccc(F)c1. The van der Waals surface area contributed by atoms with Gasteiger partial charge in [0.25, 0.3) is 0 Å². The number of amides is 1. The third-order valence-electron chi connectivity index (χ3n) is 3.20. The molecule has 0 aromatic heterocycles. The van der Waals surface area contributed by atoms with Gasteiger partial charge in [-0.25, -0.2) is 9.18 Å². The number of carbonyl (C=O) groups is 2. The smallest absolute Gasteiger partial charge is 0.339 e. The van der Waals surface area contributed by atoms with Crippen molar-refractivity contribution >= 4 is 23.6 Å². The predicted octanol–water partition coefficient (Wildman–Crippen LogP) is 3.57. The molecule has 2 aromatic rings. The van der Waals surface area contributed by atoms with Crippen molar-refractivity contribution in [2.24, 2.45) is 0 Å². The van der Waals surface area contributed by atoms with Crippen molar-refractivity contribution in [2.45, 2.75) is 6.92 Å². The fraction of sp³-hybridized carbons (Fsp3) is 0.111. The van der Waals surface area contributed by atoms with Gasteiger partial charge in [-0.1, -0.05) is 24.3 Å². The fourth-order valence-corrected chi connectivity index (χ4v) is 2.06. The number of esters is 1. The van der Waals surface area contributed by atoms with Crippen LogP contribution in [0.1, 0.15) is 21.5 Å². The lowest BCUT2D eigenvalue weighted by atomic mass is 10.1. The van der Waals surface area contributed by atoms with Crippen molar-refractivity contribution in [3.05, 3.63) is 71.0 Å². The minimum atomic E-state index is -0.530. The summed E-state index contributed by atoms with van der Waals surface area (Å²) in [6.07, 6.45) is 2.77. The monoisotopic (exact) mass is 313 g/mol. The maximum atomic E-state index is 13.1. The highest BCUT2D eigenvalue weighted by molar-refractivity contribution is 6.07. The number of nitrogens with one attached hydrogen (secondary N) is 1. The number of aryl methyl sites for hydroxylation is 1. The first kappa shape index (κ1) is 16.4. The average molecular weight is 313 g/mol. The topological polar surface area (TPSA) is 55.4 Å². The summed E-state index contributed by atoms with van der Waals surface area (Å²) in [6, 6.07) is 10.9. The normalized spacial score (nSPS) is 10.6. The minimum absolute atomic E-state index is 0.278. The van der Waals surface area contributed by atoms with Crippen LogP contribution in [0.5, 0.6) is 0 Å². The Bertz CT molecular complexity index is 769. The van der Waals surface area contributed by atoms with E-state index in [2.05, 4.69) is 5.32 Å². The van der Waals surface area contributed by atoms with Crippen LogP contribution in [0.3, 0.4) is 0 Å². The lowest BCUT2D eigenvalue weighted by Crippen LogP contribution is -2.14. The molecule has 0 aliphatic rings. The quantitative estimate of drug-likeness (QED) is 0.693. The van der Waals surface area contributed by atoms with Crippen molar-refractivity contribution in [1.82, 2.24) is 0 Å². The molecule has 0 radical (unpaired) electrons. The van der Waals surface area contributed by atoms with Crippen LogP contribution in [0.2, 0.25) is 0 Å². The largest absolute Gasteiger partial charge is 0.465 e. The van der Waals surface area contributed by atoms with E-state index >= 15 is 0 Å². The Hall–Kier alpha value is -2.95. The van der Waals surface area contributed by atoms with E-state index in [-0.39, 0.29) is 11.4 Å². The molecule has 0 bridgehead atoms. The number of halogens is 1. The molecule has 5 heteroatoms. The number of hydrogen-bond acceptors (Lipinski definition) is 3. The number of hydrogen-bond donors (Lipinski definition) is 1. The summed E-state index contributed by atoms with van der Waals surface area (Å²) in [5, 5.41) is 2.66. The van der Waals surface area contributed by atoms with Gasteiger partial charge in [0.15, 0.2) is 0 Å². The molecule has 0 unspecified atom stereocenters. The van der Waals surface area contributed by atoms with Crippen LogP contribution in [0.25, 0.3) is 6.08 Å². The van der Waals surface area contributed by atoms with Crippen LogP contribution in [-0.2, 0) is 9.53 Å². The molecule has 0 aliphatic heterocycles. The Labute approximate surface area is 133 Å². The third kappa shape index (κ3) is 4.26. The summed E-state index contributed by atoms with van der Waals surface area (Å²) in [7, 11) is 1.28. The summed E-state index contributed by atoms with van der Waals surface area (Å²) in [5.74, 6) is -1.33. The summed E-state index contributed by atoms with van der Waals surface area (Å²) < 4.78 is 17.8. The van der Waals surface area contributed by atoms with E-state index in [0.717, 1.165) is 5.56 Å². The van der Waals surface area contributed by atoms with Gasteiger partial charge >= 0.3 is 5.97 Å². The molecule has 0 atom stereocenters. The number of ether oxygens (including phenoxy) is 1. The molecular weight excluding hydrogens is 297 g/mol. The Kier molecular flexibility index (Phi) is 5.25. The van der Waals surface area contributed by atoms with E-state index in [9.17, 15) is 14.0 Å². The van der Waals surface area contributed by atoms with E-state index in [4.69, 9.17) is 4.74 Å². The third-order valence-corrected chi connectivity index (χ3v) is 3.20. The summed E-state index contributed by atoms with van der Waals surface area (Å²) >= 11 is 0. The van der Waals surface area contributed by atoms with Gasteiger partial charge in [0, 0.05) is 6.08 Å². The van der Waals surface area contributed by atoms with Crippen LogP contribution >= 0.6 is 0 Å². The number of anilines is 1.